The van der Waals surface area contributed by atoms with Crippen LogP contribution in [0.5, 0.6) is 0 Å². The van der Waals surface area contributed by atoms with Gasteiger partial charge in [0.2, 0.25) is 0 Å². The minimum absolute atomic E-state index is 0.00796. The number of quaternary nitrogens is 1. The molecule has 24 heavy (non-hydrogen) atoms. The van der Waals surface area contributed by atoms with E-state index in [0.717, 1.165) is 25.9 Å². The number of hydrogen-bond donors (Lipinski definition) is 0. The Morgan fingerprint density at radius 1 is 0.458 bits per heavy atom. The van der Waals surface area contributed by atoms with Gasteiger partial charge in [0.05, 0.1) is 20.1 Å². The summed E-state index contributed by atoms with van der Waals surface area (Å²) in [6.45, 7) is 6.18. The number of unbranched alkanes of at least 4 members (excludes halogenated alkanes) is 15. The van der Waals surface area contributed by atoms with E-state index >= 15 is 0 Å². The Morgan fingerprint density at radius 3 is 1.00 bits per heavy atom. The highest BCUT2D eigenvalue weighted by molar-refractivity contribution is 4.50. The van der Waals surface area contributed by atoms with Crippen LogP contribution < -0.4 is 0 Å². The van der Waals surface area contributed by atoms with Crippen molar-refractivity contribution in [2.24, 2.45) is 0 Å². The van der Waals surface area contributed by atoms with Gasteiger partial charge in [-0.25, -0.2) is 0 Å². The van der Waals surface area contributed by atoms with E-state index in [1.54, 1.807) is 0 Å². The summed E-state index contributed by atoms with van der Waals surface area (Å²) in [6.07, 6.45) is 22.5. The van der Waals surface area contributed by atoms with Crippen LogP contribution in [0.1, 0.15) is 123 Å². The highest BCUT2D eigenvalue weighted by Gasteiger charge is 2.09. The van der Waals surface area contributed by atoms with E-state index in [4.69, 9.17) is 0 Å². The summed E-state index contributed by atoms with van der Waals surface area (Å²) in [4.78, 5) is 0. The van der Waals surface area contributed by atoms with E-state index in [-0.39, 0.29) is 4.65 Å². The molecule has 1 atom stereocenters. The summed E-state index contributed by atoms with van der Waals surface area (Å²) in [5, 5.41) is 12.4. The average molecular weight is 342 g/mol. The zero-order valence-electron chi connectivity index (χ0n) is 17.3. The minimum Gasteiger partial charge on any atom is -0.633 e. The fourth-order valence-electron chi connectivity index (χ4n) is 3.45. The van der Waals surface area contributed by atoms with E-state index in [9.17, 15) is 5.21 Å². The highest BCUT2D eigenvalue weighted by Crippen LogP contribution is 2.13. The Hall–Kier alpha value is -0.0800. The Kier molecular flexibility index (Phi) is 17.7. The maximum absolute atomic E-state index is 12.4. The molecule has 0 rings (SSSR count). The molecule has 0 saturated carbocycles. The highest BCUT2D eigenvalue weighted by atomic mass is 16.5. The summed E-state index contributed by atoms with van der Waals surface area (Å²) >= 11 is 0. The van der Waals surface area contributed by atoms with E-state index in [2.05, 4.69) is 13.8 Å². The SMILES string of the molecule is CCCCCCCCCCCC[N+](C)([O-])CCCCCCCCC. The molecule has 2 nitrogen and oxygen atoms in total. The summed E-state index contributed by atoms with van der Waals surface area (Å²) in [6, 6.07) is 0. The van der Waals surface area contributed by atoms with Crippen molar-refractivity contribution < 1.29 is 4.65 Å². The van der Waals surface area contributed by atoms with Gasteiger partial charge in [-0.05, 0) is 25.7 Å². The Morgan fingerprint density at radius 2 is 0.708 bits per heavy atom. The first-order chi connectivity index (χ1) is 11.6. The van der Waals surface area contributed by atoms with Crippen LogP contribution in [0.3, 0.4) is 0 Å². The van der Waals surface area contributed by atoms with E-state index < -0.39 is 0 Å². The number of hydroxylamine groups is 3. The van der Waals surface area contributed by atoms with Crippen LogP contribution in [0.15, 0.2) is 0 Å². The van der Waals surface area contributed by atoms with Crippen LogP contribution in [-0.4, -0.2) is 24.8 Å². The fourth-order valence-corrected chi connectivity index (χ4v) is 3.45. The van der Waals surface area contributed by atoms with E-state index in [0.29, 0.717) is 0 Å². The molecule has 0 fully saturated rings. The number of hydrogen-bond acceptors (Lipinski definition) is 1. The average Bonchev–Trinajstić information content (AvgIpc) is 2.55. The number of nitrogens with zero attached hydrogens (tertiary/aromatic N) is 1. The van der Waals surface area contributed by atoms with Gasteiger partial charge in [0, 0.05) is 0 Å². The molecular formula is C22H47NO. The Bertz CT molecular complexity index is 240. The predicted molar refractivity (Wildman–Crippen MR) is 109 cm³/mol. The lowest BCUT2D eigenvalue weighted by Crippen LogP contribution is -2.39. The van der Waals surface area contributed by atoms with Crippen LogP contribution >= 0.6 is 0 Å². The molecule has 0 saturated heterocycles. The molecule has 0 aliphatic heterocycles. The first-order valence-electron chi connectivity index (χ1n) is 11.2. The summed E-state index contributed by atoms with van der Waals surface area (Å²) in [5.74, 6) is 0. The van der Waals surface area contributed by atoms with Crippen LogP contribution in [0.25, 0.3) is 0 Å². The van der Waals surface area contributed by atoms with Crippen LogP contribution in [0, 0.1) is 5.21 Å². The molecule has 0 amide bonds. The summed E-state index contributed by atoms with van der Waals surface area (Å²) < 4.78 is -0.00796. The third kappa shape index (κ3) is 18.3. The van der Waals surface area contributed by atoms with Gasteiger partial charge in [-0.1, -0.05) is 97.3 Å². The molecule has 2 heteroatoms. The summed E-state index contributed by atoms with van der Waals surface area (Å²) in [5.41, 5.74) is 0. The monoisotopic (exact) mass is 341 g/mol. The Labute approximate surface area is 153 Å². The smallest absolute Gasteiger partial charge is 0.0781 e. The third-order valence-electron chi connectivity index (χ3n) is 5.22. The molecule has 0 bridgehead atoms. The second kappa shape index (κ2) is 17.7. The van der Waals surface area contributed by atoms with Gasteiger partial charge in [-0.15, -0.1) is 0 Å². The van der Waals surface area contributed by atoms with Gasteiger partial charge in [0.1, 0.15) is 0 Å². The lowest BCUT2D eigenvalue weighted by Gasteiger charge is -2.39. The van der Waals surface area contributed by atoms with Gasteiger partial charge < -0.3 is 9.85 Å². The van der Waals surface area contributed by atoms with Crippen molar-refractivity contribution in [3.8, 4) is 0 Å². The fraction of sp³-hybridized carbons (Fsp3) is 1.00. The van der Waals surface area contributed by atoms with Gasteiger partial charge in [0.25, 0.3) is 0 Å². The van der Waals surface area contributed by atoms with Crippen LogP contribution in [0.4, 0.5) is 0 Å². The topological polar surface area (TPSA) is 23.1 Å². The quantitative estimate of drug-likeness (QED) is 0.135. The first kappa shape index (κ1) is 23.9. The van der Waals surface area contributed by atoms with E-state index in [1.165, 1.54) is 96.3 Å². The lowest BCUT2D eigenvalue weighted by atomic mass is 10.1. The molecule has 0 aromatic carbocycles. The molecule has 0 aromatic heterocycles. The maximum atomic E-state index is 12.4. The molecule has 0 N–H and O–H groups in total. The zero-order chi connectivity index (χ0) is 17.9. The van der Waals surface area contributed by atoms with Crippen molar-refractivity contribution in [3.05, 3.63) is 5.21 Å². The van der Waals surface area contributed by atoms with Crippen molar-refractivity contribution in [2.45, 2.75) is 123 Å². The molecule has 0 aliphatic carbocycles. The molecule has 0 aromatic rings. The zero-order valence-corrected chi connectivity index (χ0v) is 17.3. The standard InChI is InChI=1S/C22H47NO/c1-4-6-8-10-12-13-14-16-18-20-22-23(3,24)21-19-17-15-11-9-7-5-2/h4-22H2,1-3H3. The maximum Gasteiger partial charge on any atom is 0.0781 e. The van der Waals surface area contributed by atoms with Gasteiger partial charge in [0.15, 0.2) is 0 Å². The predicted octanol–water partition coefficient (Wildman–Crippen LogP) is 7.60. The van der Waals surface area contributed by atoms with Crippen molar-refractivity contribution in [2.75, 3.05) is 20.1 Å². The van der Waals surface area contributed by atoms with Crippen molar-refractivity contribution in [1.29, 1.82) is 0 Å². The number of rotatable bonds is 19. The Balaban J connectivity index is 3.31. The molecule has 0 spiro atoms. The second-order valence-electron chi connectivity index (χ2n) is 8.05. The molecule has 146 valence electrons. The van der Waals surface area contributed by atoms with Crippen molar-refractivity contribution >= 4 is 0 Å². The molecule has 0 radical (unpaired) electrons. The van der Waals surface area contributed by atoms with Gasteiger partial charge in [-0.2, -0.15) is 0 Å². The first-order valence-corrected chi connectivity index (χ1v) is 11.2. The normalized spacial score (nSPS) is 14.0. The van der Waals surface area contributed by atoms with Crippen molar-refractivity contribution in [3.63, 3.8) is 0 Å². The minimum atomic E-state index is -0.00796. The molecule has 0 aliphatic rings. The molecule has 0 heterocycles. The van der Waals surface area contributed by atoms with Crippen LogP contribution in [0.2, 0.25) is 0 Å². The summed E-state index contributed by atoms with van der Waals surface area (Å²) in [7, 11) is 1.88. The van der Waals surface area contributed by atoms with Gasteiger partial charge in [-0.3, -0.25) is 0 Å². The largest absolute Gasteiger partial charge is 0.633 e. The van der Waals surface area contributed by atoms with E-state index in [1.807, 2.05) is 7.05 Å². The second-order valence-corrected chi connectivity index (χ2v) is 8.05. The lowest BCUT2D eigenvalue weighted by molar-refractivity contribution is -0.861. The molecule has 1 unspecified atom stereocenters. The van der Waals surface area contributed by atoms with Crippen LogP contribution in [-0.2, 0) is 0 Å². The third-order valence-corrected chi connectivity index (χ3v) is 5.22. The van der Waals surface area contributed by atoms with Crippen molar-refractivity contribution in [1.82, 2.24) is 0 Å². The molecular weight excluding hydrogens is 294 g/mol. The van der Waals surface area contributed by atoms with Gasteiger partial charge >= 0.3 is 0 Å².